The van der Waals surface area contributed by atoms with E-state index < -0.39 is 0 Å². The number of carbonyl (C=O) groups excluding carboxylic acids is 1. The monoisotopic (exact) mass is 350 g/mol. The molecule has 0 bridgehead atoms. The Morgan fingerprint density at radius 1 is 1.19 bits per heavy atom. The number of aromatic nitrogens is 3. The molecule has 26 heavy (non-hydrogen) atoms. The normalized spacial score (nSPS) is 16.2. The van der Waals surface area contributed by atoms with Crippen molar-refractivity contribution in [1.82, 2.24) is 20.1 Å². The molecule has 1 aromatic carbocycles. The molecule has 2 heterocycles. The van der Waals surface area contributed by atoms with E-state index in [1.807, 2.05) is 17.7 Å². The summed E-state index contributed by atoms with van der Waals surface area (Å²) in [5.41, 5.74) is 4.34. The number of aryl methyl sites for hydroxylation is 1. The van der Waals surface area contributed by atoms with Gasteiger partial charge in [-0.15, -0.1) is 0 Å². The molecule has 1 amide bonds. The van der Waals surface area contributed by atoms with Crippen LogP contribution in [0.1, 0.15) is 46.2 Å². The molecule has 0 fully saturated rings. The Morgan fingerprint density at radius 3 is 2.73 bits per heavy atom. The molecule has 1 aliphatic rings. The van der Waals surface area contributed by atoms with Crippen LogP contribution in [0.25, 0.3) is 5.69 Å². The number of pyridine rings is 1. The van der Waals surface area contributed by atoms with Crippen molar-refractivity contribution < 1.29 is 9.18 Å². The lowest BCUT2D eigenvalue weighted by molar-refractivity contribution is 0.0932. The van der Waals surface area contributed by atoms with Crippen molar-refractivity contribution in [2.45, 2.75) is 32.2 Å². The summed E-state index contributed by atoms with van der Waals surface area (Å²) in [5.74, 6) is -0.406. The molecule has 0 radical (unpaired) electrons. The Morgan fingerprint density at radius 2 is 2.00 bits per heavy atom. The van der Waals surface area contributed by atoms with Crippen molar-refractivity contribution in [3.05, 3.63) is 77.1 Å². The zero-order chi connectivity index (χ0) is 18.1. The van der Waals surface area contributed by atoms with Gasteiger partial charge in [0, 0.05) is 23.1 Å². The number of halogens is 1. The number of hydrogen-bond acceptors (Lipinski definition) is 3. The third kappa shape index (κ3) is 3.10. The van der Waals surface area contributed by atoms with E-state index in [2.05, 4.69) is 15.4 Å². The topological polar surface area (TPSA) is 59.8 Å². The lowest BCUT2D eigenvalue weighted by Crippen LogP contribution is -2.31. The van der Waals surface area contributed by atoms with Gasteiger partial charge in [-0.25, -0.2) is 9.07 Å². The molecule has 0 saturated carbocycles. The van der Waals surface area contributed by atoms with Crippen molar-refractivity contribution in [3.63, 3.8) is 0 Å². The van der Waals surface area contributed by atoms with Gasteiger partial charge in [-0.3, -0.25) is 9.78 Å². The molecular weight excluding hydrogens is 331 g/mol. The predicted molar refractivity (Wildman–Crippen MR) is 95.6 cm³/mol. The van der Waals surface area contributed by atoms with E-state index in [0.29, 0.717) is 5.56 Å². The van der Waals surface area contributed by atoms with E-state index in [-0.39, 0.29) is 17.8 Å². The minimum atomic E-state index is -0.272. The second kappa shape index (κ2) is 6.71. The number of hydrogen-bond donors (Lipinski definition) is 1. The lowest BCUT2D eigenvalue weighted by Gasteiger charge is -2.24. The van der Waals surface area contributed by atoms with Crippen LogP contribution in [-0.4, -0.2) is 20.7 Å². The standard InChI is InChI=1S/C20H19FN4O/c1-13-5-6-14(11-22-13)20(26)24-18-3-2-4-19-17(18)12-23-25(19)16-9-7-15(21)8-10-16/h5-12,18H,2-4H2,1H3,(H,24,26)/t18-/m0/s1. The van der Waals surface area contributed by atoms with Crippen molar-refractivity contribution >= 4 is 5.91 Å². The summed E-state index contributed by atoms with van der Waals surface area (Å²) in [6, 6.07) is 9.80. The summed E-state index contributed by atoms with van der Waals surface area (Å²) >= 11 is 0. The van der Waals surface area contributed by atoms with Gasteiger partial charge in [0.05, 0.1) is 23.5 Å². The first kappa shape index (κ1) is 16.4. The van der Waals surface area contributed by atoms with Crippen LogP contribution in [0, 0.1) is 12.7 Å². The molecule has 0 unspecified atom stereocenters. The first-order valence-electron chi connectivity index (χ1n) is 8.68. The fourth-order valence-electron chi connectivity index (χ4n) is 3.36. The second-order valence-corrected chi connectivity index (χ2v) is 6.54. The molecule has 0 spiro atoms. The smallest absolute Gasteiger partial charge is 0.253 e. The fraction of sp³-hybridized carbons (Fsp3) is 0.250. The van der Waals surface area contributed by atoms with Crippen molar-refractivity contribution in [3.8, 4) is 5.69 Å². The van der Waals surface area contributed by atoms with E-state index in [9.17, 15) is 9.18 Å². The number of fused-ring (bicyclic) bond motifs is 1. The van der Waals surface area contributed by atoms with Gasteiger partial charge in [-0.05, 0) is 62.6 Å². The minimum absolute atomic E-state index is 0.0817. The quantitative estimate of drug-likeness (QED) is 0.786. The molecule has 5 nitrogen and oxygen atoms in total. The van der Waals surface area contributed by atoms with E-state index >= 15 is 0 Å². The van der Waals surface area contributed by atoms with Crippen molar-refractivity contribution in [2.75, 3.05) is 0 Å². The van der Waals surface area contributed by atoms with Crippen LogP contribution in [0.4, 0.5) is 4.39 Å². The van der Waals surface area contributed by atoms with Crippen molar-refractivity contribution in [1.29, 1.82) is 0 Å². The maximum absolute atomic E-state index is 13.2. The SMILES string of the molecule is Cc1ccc(C(=O)N[C@H]2CCCc3c2cnn3-c2ccc(F)cc2)cn1. The van der Waals surface area contributed by atoms with Crippen LogP contribution in [0.2, 0.25) is 0 Å². The van der Waals surface area contributed by atoms with E-state index in [1.54, 1.807) is 30.6 Å². The molecule has 0 saturated heterocycles. The van der Waals surface area contributed by atoms with Crippen LogP contribution in [-0.2, 0) is 6.42 Å². The summed E-state index contributed by atoms with van der Waals surface area (Å²) in [6.07, 6.45) is 6.10. The second-order valence-electron chi connectivity index (χ2n) is 6.54. The highest BCUT2D eigenvalue weighted by atomic mass is 19.1. The highest BCUT2D eigenvalue weighted by molar-refractivity contribution is 5.94. The van der Waals surface area contributed by atoms with E-state index in [1.165, 1.54) is 12.1 Å². The molecule has 2 aromatic heterocycles. The van der Waals surface area contributed by atoms with Crippen molar-refractivity contribution in [2.24, 2.45) is 0 Å². The zero-order valence-corrected chi connectivity index (χ0v) is 14.4. The van der Waals surface area contributed by atoms with Gasteiger partial charge in [0.15, 0.2) is 0 Å². The number of rotatable bonds is 3. The third-order valence-corrected chi connectivity index (χ3v) is 4.73. The average molecular weight is 350 g/mol. The predicted octanol–water partition coefficient (Wildman–Crippen LogP) is 3.52. The van der Waals surface area contributed by atoms with Gasteiger partial charge < -0.3 is 5.32 Å². The highest BCUT2D eigenvalue weighted by Crippen LogP contribution is 2.31. The van der Waals surface area contributed by atoms with Crippen LogP contribution >= 0.6 is 0 Å². The van der Waals surface area contributed by atoms with E-state index in [0.717, 1.165) is 41.9 Å². The van der Waals surface area contributed by atoms with Gasteiger partial charge in [0.1, 0.15) is 5.82 Å². The highest BCUT2D eigenvalue weighted by Gasteiger charge is 2.26. The lowest BCUT2D eigenvalue weighted by atomic mass is 9.92. The number of carbonyl (C=O) groups is 1. The summed E-state index contributed by atoms with van der Waals surface area (Å²) in [7, 11) is 0. The number of nitrogens with one attached hydrogen (secondary N) is 1. The maximum atomic E-state index is 13.2. The molecular formula is C20H19FN4O. The Labute approximate surface area is 150 Å². The number of benzene rings is 1. The van der Waals surface area contributed by atoms with E-state index in [4.69, 9.17) is 0 Å². The first-order chi connectivity index (χ1) is 12.6. The minimum Gasteiger partial charge on any atom is -0.345 e. The Balaban J connectivity index is 1.59. The molecule has 1 atom stereocenters. The maximum Gasteiger partial charge on any atom is 0.253 e. The largest absolute Gasteiger partial charge is 0.345 e. The summed E-state index contributed by atoms with van der Waals surface area (Å²) in [6.45, 7) is 1.89. The molecule has 3 aromatic rings. The molecule has 4 rings (SSSR count). The molecule has 6 heteroatoms. The summed E-state index contributed by atoms with van der Waals surface area (Å²) in [5, 5.41) is 7.56. The number of nitrogens with zero attached hydrogens (tertiary/aromatic N) is 3. The number of amides is 1. The average Bonchev–Trinajstić information content (AvgIpc) is 3.08. The van der Waals surface area contributed by atoms with Gasteiger partial charge in [-0.1, -0.05) is 0 Å². The Bertz CT molecular complexity index is 931. The fourth-order valence-corrected chi connectivity index (χ4v) is 3.36. The molecule has 1 aliphatic carbocycles. The Hall–Kier alpha value is -3.02. The van der Waals surface area contributed by atoms with Gasteiger partial charge >= 0.3 is 0 Å². The molecule has 0 aliphatic heterocycles. The van der Waals surface area contributed by atoms with Crippen LogP contribution < -0.4 is 5.32 Å². The van der Waals surface area contributed by atoms with Gasteiger partial charge in [-0.2, -0.15) is 5.10 Å². The van der Waals surface area contributed by atoms with Crippen LogP contribution in [0.5, 0.6) is 0 Å². The summed E-state index contributed by atoms with van der Waals surface area (Å²) in [4.78, 5) is 16.7. The van der Waals surface area contributed by atoms with Crippen LogP contribution in [0.15, 0.2) is 48.8 Å². The third-order valence-electron chi connectivity index (χ3n) is 4.73. The molecule has 132 valence electrons. The van der Waals surface area contributed by atoms with Crippen LogP contribution in [0.3, 0.4) is 0 Å². The van der Waals surface area contributed by atoms with Gasteiger partial charge in [0.25, 0.3) is 5.91 Å². The zero-order valence-electron chi connectivity index (χ0n) is 14.4. The van der Waals surface area contributed by atoms with Gasteiger partial charge in [0.2, 0.25) is 0 Å². The Kier molecular flexibility index (Phi) is 4.24. The summed E-state index contributed by atoms with van der Waals surface area (Å²) < 4.78 is 15.0. The first-order valence-corrected chi connectivity index (χ1v) is 8.68. The molecule has 1 N–H and O–H groups in total.